The van der Waals surface area contributed by atoms with Crippen molar-refractivity contribution in [2.24, 2.45) is 0 Å². The molecule has 98 valence electrons. The molecule has 0 fully saturated rings. The van der Waals surface area contributed by atoms with Gasteiger partial charge >= 0.3 is 0 Å². The molecule has 0 atom stereocenters. The van der Waals surface area contributed by atoms with E-state index in [9.17, 15) is 5.11 Å². The van der Waals surface area contributed by atoms with E-state index in [0.29, 0.717) is 6.42 Å². The van der Waals surface area contributed by atoms with Gasteiger partial charge in [0.1, 0.15) is 5.75 Å². The molecule has 1 aromatic carbocycles. The molecule has 3 heteroatoms. The van der Waals surface area contributed by atoms with Crippen molar-refractivity contribution in [3.63, 3.8) is 0 Å². The van der Waals surface area contributed by atoms with Crippen molar-refractivity contribution in [1.82, 2.24) is 4.57 Å². The standard InChI is InChI=1S/C15H21NO2/c1-5-16-10-11(9-15(2,3)17)12-7-6-8-13(18-4)14(12)16/h6-8,10,17H,5,9H2,1-4H3. The van der Waals surface area contributed by atoms with Gasteiger partial charge in [-0.15, -0.1) is 0 Å². The van der Waals surface area contributed by atoms with Gasteiger partial charge in [0.15, 0.2) is 0 Å². The lowest BCUT2D eigenvalue weighted by molar-refractivity contribution is 0.0813. The topological polar surface area (TPSA) is 34.4 Å². The smallest absolute Gasteiger partial charge is 0.143 e. The zero-order valence-corrected chi connectivity index (χ0v) is 11.5. The van der Waals surface area contributed by atoms with Crippen LogP contribution in [0.2, 0.25) is 0 Å². The molecule has 0 saturated heterocycles. The van der Waals surface area contributed by atoms with Gasteiger partial charge in [0.2, 0.25) is 0 Å². The highest BCUT2D eigenvalue weighted by Gasteiger charge is 2.18. The molecule has 2 aromatic rings. The van der Waals surface area contributed by atoms with Gasteiger partial charge in [0.05, 0.1) is 18.2 Å². The molecule has 0 bridgehead atoms. The van der Waals surface area contributed by atoms with Gasteiger partial charge in [-0.05, 0) is 32.4 Å². The summed E-state index contributed by atoms with van der Waals surface area (Å²) in [6.07, 6.45) is 2.76. The largest absolute Gasteiger partial charge is 0.495 e. The zero-order chi connectivity index (χ0) is 13.3. The summed E-state index contributed by atoms with van der Waals surface area (Å²) in [6.45, 7) is 6.67. The summed E-state index contributed by atoms with van der Waals surface area (Å²) >= 11 is 0. The molecule has 18 heavy (non-hydrogen) atoms. The van der Waals surface area contributed by atoms with Crippen LogP contribution in [0.25, 0.3) is 10.9 Å². The molecule has 0 radical (unpaired) electrons. The number of fused-ring (bicyclic) bond motifs is 1. The van der Waals surface area contributed by atoms with E-state index in [1.165, 1.54) is 10.9 Å². The number of para-hydroxylation sites is 1. The van der Waals surface area contributed by atoms with E-state index in [1.807, 2.05) is 26.0 Å². The van der Waals surface area contributed by atoms with Crippen LogP contribution in [0.4, 0.5) is 0 Å². The lowest BCUT2D eigenvalue weighted by Crippen LogP contribution is -2.21. The minimum absolute atomic E-state index is 0.643. The van der Waals surface area contributed by atoms with Crippen LogP contribution in [0, 0.1) is 0 Å². The number of nitrogens with zero attached hydrogens (tertiary/aromatic N) is 1. The normalized spacial score (nSPS) is 12.1. The fraction of sp³-hybridized carbons (Fsp3) is 0.467. The lowest BCUT2D eigenvalue weighted by atomic mass is 9.98. The lowest BCUT2D eigenvalue weighted by Gasteiger charge is -2.16. The van der Waals surface area contributed by atoms with E-state index in [-0.39, 0.29) is 0 Å². The summed E-state index contributed by atoms with van der Waals surface area (Å²) in [5.41, 5.74) is 1.58. The maximum atomic E-state index is 10.00. The first kappa shape index (κ1) is 13.0. The fourth-order valence-electron chi connectivity index (χ4n) is 2.42. The second-order valence-corrected chi connectivity index (χ2v) is 5.29. The number of aliphatic hydroxyl groups is 1. The Kier molecular flexibility index (Phi) is 3.35. The molecule has 0 saturated carbocycles. The third-order valence-electron chi connectivity index (χ3n) is 3.13. The quantitative estimate of drug-likeness (QED) is 0.901. The Morgan fingerprint density at radius 2 is 2.06 bits per heavy atom. The molecule has 0 amide bonds. The first-order valence-corrected chi connectivity index (χ1v) is 6.33. The van der Waals surface area contributed by atoms with Crippen molar-refractivity contribution in [2.75, 3.05) is 7.11 Å². The van der Waals surface area contributed by atoms with Gasteiger partial charge in [-0.25, -0.2) is 0 Å². The van der Waals surface area contributed by atoms with Crippen molar-refractivity contribution in [2.45, 2.75) is 39.3 Å². The SMILES string of the molecule is CCn1cc(CC(C)(C)O)c2cccc(OC)c21. The molecule has 3 nitrogen and oxygen atoms in total. The monoisotopic (exact) mass is 247 g/mol. The summed E-state index contributed by atoms with van der Waals surface area (Å²) < 4.78 is 7.61. The minimum Gasteiger partial charge on any atom is -0.495 e. The van der Waals surface area contributed by atoms with Gasteiger partial charge < -0.3 is 14.4 Å². The number of hydrogen-bond donors (Lipinski definition) is 1. The fourth-order valence-corrected chi connectivity index (χ4v) is 2.42. The Morgan fingerprint density at radius 3 is 2.61 bits per heavy atom. The number of ether oxygens (including phenoxy) is 1. The van der Waals surface area contributed by atoms with Crippen molar-refractivity contribution < 1.29 is 9.84 Å². The van der Waals surface area contributed by atoms with E-state index < -0.39 is 5.60 Å². The number of aromatic nitrogens is 1. The van der Waals surface area contributed by atoms with E-state index in [0.717, 1.165) is 17.8 Å². The Morgan fingerprint density at radius 1 is 1.33 bits per heavy atom. The summed E-state index contributed by atoms with van der Waals surface area (Å²) in [5, 5.41) is 11.2. The van der Waals surface area contributed by atoms with Crippen molar-refractivity contribution in [3.05, 3.63) is 30.0 Å². The number of rotatable bonds is 4. The summed E-state index contributed by atoms with van der Waals surface area (Å²) in [7, 11) is 1.69. The highest BCUT2D eigenvalue weighted by Crippen LogP contribution is 2.31. The average molecular weight is 247 g/mol. The maximum Gasteiger partial charge on any atom is 0.143 e. The van der Waals surface area contributed by atoms with Crippen LogP contribution >= 0.6 is 0 Å². The summed E-state index contributed by atoms with van der Waals surface area (Å²) in [5.74, 6) is 0.886. The predicted octanol–water partition coefficient (Wildman–Crippen LogP) is 2.98. The summed E-state index contributed by atoms with van der Waals surface area (Å²) in [6, 6.07) is 6.06. The van der Waals surface area contributed by atoms with Crippen molar-refractivity contribution in [1.29, 1.82) is 0 Å². The van der Waals surface area contributed by atoms with Crippen LogP contribution in [0.5, 0.6) is 5.75 Å². The maximum absolute atomic E-state index is 10.00. The minimum atomic E-state index is -0.698. The Hall–Kier alpha value is -1.48. The van der Waals surface area contributed by atoms with E-state index in [1.54, 1.807) is 7.11 Å². The van der Waals surface area contributed by atoms with Crippen LogP contribution in [0.1, 0.15) is 26.3 Å². The van der Waals surface area contributed by atoms with Crippen molar-refractivity contribution >= 4 is 10.9 Å². The molecule has 1 heterocycles. The summed E-state index contributed by atoms with van der Waals surface area (Å²) in [4.78, 5) is 0. The molecule has 0 aliphatic carbocycles. The van der Waals surface area contributed by atoms with Crippen molar-refractivity contribution in [3.8, 4) is 5.75 Å². The molecule has 2 rings (SSSR count). The molecular weight excluding hydrogens is 226 g/mol. The molecule has 1 aromatic heterocycles. The molecular formula is C15H21NO2. The Labute approximate surface area is 108 Å². The third kappa shape index (κ3) is 2.36. The highest BCUT2D eigenvalue weighted by atomic mass is 16.5. The van der Waals surface area contributed by atoms with Crippen LogP contribution in [0.3, 0.4) is 0 Å². The van der Waals surface area contributed by atoms with Gasteiger partial charge in [0, 0.05) is 24.5 Å². The molecule has 0 spiro atoms. The average Bonchev–Trinajstić information content (AvgIpc) is 2.65. The van der Waals surface area contributed by atoms with Gasteiger partial charge in [-0.3, -0.25) is 0 Å². The van der Waals surface area contributed by atoms with Gasteiger partial charge in [-0.1, -0.05) is 12.1 Å². The molecule has 0 aliphatic rings. The number of benzene rings is 1. The second kappa shape index (κ2) is 4.65. The number of aryl methyl sites for hydroxylation is 1. The first-order valence-electron chi connectivity index (χ1n) is 6.33. The van der Waals surface area contributed by atoms with Crippen LogP contribution in [-0.4, -0.2) is 22.4 Å². The van der Waals surface area contributed by atoms with Crippen LogP contribution in [-0.2, 0) is 13.0 Å². The Bertz CT molecular complexity index is 549. The van der Waals surface area contributed by atoms with Gasteiger partial charge in [0.25, 0.3) is 0 Å². The van der Waals surface area contributed by atoms with Gasteiger partial charge in [-0.2, -0.15) is 0 Å². The molecule has 0 unspecified atom stereocenters. The molecule has 1 N–H and O–H groups in total. The van der Waals surface area contributed by atoms with E-state index in [2.05, 4.69) is 23.8 Å². The third-order valence-corrected chi connectivity index (χ3v) is 3.13. The Balaban J connectivity index is 2.63. The zero-order valence-electron chi connectivity index (χ0n) is 11.5. The van der Waals surface area contributed by atoms with E-state index >= 15 is 0 Å². The van der Waals surface area contributed by atoms with Crippen LogP contribution < -0.4 is 4.74 Å². The second-order valence-electron chi connectivity index (χ2n) is 5.29. The first-order chi connectivity index (χ1) is 8.46. The number of methoxy groups -OCH3 is 1. The number of hydrogen-bond acceptors (Lipinski definition) is 2. The predicted molar refractivity (Wildman–Crippen MR) is 74.2 cm³/mol. The van der Waals surface area contributed by atoms with Crippen LogP contribution in [0.15, 0.2) is 24.4 Å². The highest BCUT2D eigenvalue weighted by molar-refractivity contribution is 5.89. The van der Waals surface area contributed by atoms with E-state index in [4.69, 9.17) is 4.74 Å². The molecule has 0 aliphatic heterocycles.